The molecule has 0 radical (unpaired) electrons. The van der Waals surface area contributed by atoms with Crippen LogP contribution in [0.1, 0.15) is 27.2 Å². The Bertz CT molecular complexity index is 463. The average molecular weight is 232 g/mol. The van der Waals surface area contributed by atoms with E-state index in [0.29, 0.717) is 18.4 Å². The monoisotopic (exact) mass is 232 g/mol. The van der Waals surface area contributed by atoms with Crippen molar-refractivity contribution in [2.45, 2.75) is 32.7 Å². The molecule has 0 aromatic heterocycles. The highest BCUT2D eigenvalue weighted by Crippen LogP contribution is 2.31. The van der Waals surface area contributed by atoms with Crippen molar-refractivity contribution in [3.63, 3.8) is 0 Å². The molecule has 0 spiro atoms. The summed E-state index contributed by atoms with van der Waals surface area (Å²) in [6.07, 6.45) is -0.804. The predicted molar refractivity (Wildman–Crippen MR) is 54.2 cm³/mol. The Balaban J connectivity index is 2.46. The maximum absolute atomic E-state index is 13.5. The molecule has 0 aliphatic heterocycles. The fraction of sp³-hybridized carbons (Fsp3) is 0.500. The lowest BCUT2D eigenvalue weighted by atomic mass is 9.85. The molecule has 0 saturated carbocycles. The molecule has 1 aromatic rings. The molecule has 88 valence electrons. The zero-order valence-corrected chi connectivity index (χ0v) is 8.77. The average Bonchev–Trinajstić information content (AvgIpc) is 2.18. The van der Waals surface area contributed by atoms with Crippen LogP contribution in [0.25, 0.3) is 0 Å². The van der Waals surface area contributed by atoms with E-state index in [9.17, 15) is 13.2 Å². The molecule has 0 N–H and O–H groups in total. The van der Waals surface area contributed by atoms with Crippen molar-refractivity contribution in [3.05, 3.63) is 29.1 Å². The Kier molecular flexibility index (Phi) is 2.42. The first-order valence-electron chi connectivity index (χ1n) is 6.07. The summed E-state index contributed by atoms with van der Waals surface area (Å²) in [6.45, 7) is -1.24. The molecular formula is C12H13F3O. The first-order valence-corrected chi connectivity index (χ1v) is 5.07. The second-order valence-corrected chi connectivity index (χ2v) is 4.01. The molecule has 1 unspecified atom stereocenters. The molecule has 0 heterocycles. The summed E-state index contributed by atoms with van der Waals surface area (Å²) in [5.41, 5.74) is 0.774. The molecule has 0 amide bonds. The van der Waals surface area contributed by atoms with Gasteiger partial charge in [0.15, 0.2) is 11.6 Å². The van der Waals surface area contributed by atoms with Crippen LogP contribution in [0.4, 0.5) is 13.2 Å². The molecule has 2 rings (SSSR count). The highest BCUT2D eigenvalue weighted by atomic mass is 19.3. The number of hydrogen-bond donors (Lipinski definition) is 0. The summed E-state index contributed by atoms with van der Waals surface area (Å²) in [5.74, 6) is -1.38. The summed E-state index contributed by atoms with van der Waals surface area (Å²) in [5, 5.41) is 0. The number of aryl methyl sites for hydroxylation is 1. The maximum Gasteiger partial charge on any atom is 0.387 e. The Morgan fingerprint density at radius 1 is 1.44 bits per heavy atom. The summed E-state index contributed by atoms with van der Waals surface area (Å²) >= 11 is 0. The van der Waals surface area contributed by atoms with Crippen molar-refractivity contribution in [1.29, 1.82) is 0 Å². The number of rotatable bonds is 2. The number of fused-ring (bicyclic) bond motifs is 1. The summed E-state index contributed by atoms with van der Waals surface area (Å²) in [7, 11) is 0. The van der Waals surface area contributed by atoms with E-state index < -0.39 is 24.6 Å². The van der Waals surface area contributed by atoms with E-state index in [1.54, 1.807) is 0 Å². The predicted octanol–water partition coefficient (Wildman–Crippen LogP) is 3.55. The van der Waals surface area contributed by atoms with Crippen LogP contribution in [-0.2, 0) is 12.8 Å². The van der Waals surface area contributed by atoms with Gasteiger partial charge in [0, 0.05) is 2.74 Å². The van der Waals surface area contributed by atoms with Gasteiger partial charge in [-0.1, -0.05) is 6.92 Å². The number of hydrogen-bond acceptors (Lipinski definition) is 1. The van der Waals surface area contributed by atoms with Crippen LogP contribution in [0.5, 0.6) is 5.75 Å². The quantitative estimate of drug-likeness (QED) is 0.757. The van der Waals surface area contributed by atoms with E-state index in [2.05, 4.69) is 4.74 Å². The summed E-state index contributed by atoms with van der Waals surface area (Å²) in [4.78, 5) is 0. The van der Waals surface area contributed by atoms with Gasteiger partial charge in [0.25, 0.3) is 0 Å². The largest absolute Gasteiger partial charge is 0.432 e. The fourth-order valence-electron chi connectivity index (χ4n) is 1.85. The molecule has 0 fully saturated rings. The van der Waals surface area contributed by atoms with Crippen LogP contribution in [0.3, 0.4) is 0 Å². The van der Waals surface area contributed by atoms with Gasteiger partial charge >= 0.3 is 6.61 Å². The molecular weight excluding hydrogens is 217 g/mol. The number of alkyl halides is 2. The number of ether oxygens (including phenoxy) is 1. The third-order valence-electron chi connectivity index (χ3n) is 2.58. The fourth-order valence-corrected chi connectivity index (χ4v) is 1.85. The van der Waals surface area contributed by atoms with Gasteiger partial charge in [0.05, 0.1) is 0 Å². The first-order chi connectivity index (χ1) is 8.29. The van der Waals surface area contributed by atoms with Crippen LogP contribution in [0.15, 0.2) is 12.1 Å². The van der Waals surface area contributed by atoms with E-state index in [1.807, 2.05) is 6.92 Å². The Morgan fingerprint density at radius 2 is 2.19 bits per heavy atom. The van der Waals surface area contributed by atoms with Gasteiger partial charge in [-0.15, -0.1) is 0 Å². The van der Waals surface area contributed by atoms with Gasteiger partial charge in [0.2, 0.25) is 0 Å². The van der Waals surface area contributed by atoms with E-state index in [4.69, 9.17) is 2.74 Å². The van der Waals surface area contributed by atoms with Gasteiger partial charge in [-0.2, -0.15) is 8.78 Å². The normalized spacial score (nSPS) is 24.7. The Hall–Kier alpha value is -1.19. The van der Waals surface area contributed by atoms with E-state index in [-0.39, 0.29) is 11.5 Å². The molecule has 1 nitrogen and oxygen atoms in total. The van der Waals surface area contributed by atoms with E-state index >= 15 is 0 Å². The van der Waals surface area contributed by atoms with Gasteiger partial charge < -0.3 is 4.74 Å². The molecule has 4 heteroatoms. The van der Waals surface area contributed by atoms with Gasteiger partial charge in [-0.25, -0.2) is 4.39 Å². The van der Waals surface area contributed by atoms with Crippen molar-refractivity contribution >= 4 is 0 Å². The minimum Gasteiger partial charge on any atom is -0.432 e. The zero-order chi connectivity index (χ0) is 13.5. The third kappa shape index (κ3) is 2.31. The topological polar surface area (TPSA) is 9.23 Å². The second-order valence-electron chi connectivity index (χ2n) is 4.01. The standard InChI is InChI=1S/C12H13F3O/c1-7-2-3-8-6-11(16-12(14)15)10(13)5-9(8)4-7/h5-7,12H,2-4H2,1H3/i3D2. The SMILES string of the molecule is [2H]C1([2H])CC(C)Cc2cc(F)c(OC(F)F)cc21. The molecule has 16 heavy (non-hydrogen) atoms. The highest BCUT2D eigenvalue weighted by Gasteiger charge is 2.19. The lowest BCUT2D eigenvalue weighted by Crippen LogP contribution is -2.13. The van der Waals surface area contributed by atoms with Crippen LogP contribution in [0, 0.1) is 11.7 Å². The third-order valence-corrected chi connectivity index (χ3v) is 2.58. The first kappa shape index (κ1) is 8.90. The van der Waals surface area contributed by atoms with E-state index in [1.165, 1.54) is 0 Å². The van der Waals surface area contributed by atoms with Crippen LogP contribution < -0.4 is 4.74 Å². The van der Waals surface area contributed by atoms with Crippen molar-refractivity contribution in [2.75, 3.05) is 0 Å². The second kappa shape index (κ2) is 4.36. The van der Waals surface area contributed by atoms with Crippen molar-refractivity contribution in [3.8, 4) is 5.75 Å². The molecule has 1 aliphatic rings. The van der Waals surface area contributed by atoms with Gasteiger partial charge in [-0.05, 0) is 48.4 Å². The lowest BCUT2D eigenvalue weighted by molar-refractivity contribution is -0.0522. The number of benzene rings is 1. The zero-order valence-electron chi connectivity index (χ0n) is 10.8. The minimum atomic E-state index is -3.12. The highest BCUT2D eigenvalue weighted by molar-refractivity contribution is 5.38. The summed E-state index contributed by atoms with van der Waals surface area (Å²) in [6, 6.07) is 2.16. The van der Waals surface area contributed by atoms with E-state index in [0.717, 1.165) is 12.1 Å². The molecule has 0 bridgehead atoms. The molecule has 1 aliphatic carbocycles. The van der Waals surface area contributed by atoms with Crippen LogP contribution in [-0.4, -0.2) is 6.61 Å². The number of halogens is 3. The smallest absolute Gasteiger partial charge is 0.387 e. The van der Waals surface area contributed by atoms with Gasteiger partial charge in [0.1, 0.15) is 0 Å². The minimum absolute atomic E-state index is 0.0915. The Morgan fingerprint density at radius 3 is 2.88 bits per heavy atom. The lowest BCUT2D eigenvalue weighted by Gasteiger charge is -2.22. The molecule has 1 atom stereocenters. The molecule has 1 aromatic carbocycles. The van der Waals surface area contributed by atoms with Crippen molar-refractivity contribution < 1.29 is 20.6 Å². The van der Waals surface area contributed by atoms with Gasteiger partial charge in [-0.3, -0.25) is 0 Å². The van der Waals surface area contributed by atoms with Crippen molar-refractivity contribution in [2.24, 2.45) is 5.92 Å². The molecule has 0 saturated heterocycles. The van der Waals surface area contributed by atoms with Crippen LogP contribution >= 0.6 is 0 Å². The Labute approximate surface area is 95.0 Å². The maximum atomic E-state index is 13.5. The summed E-state index contributed by atoms with van der Waals surface area (Å²) < 4.78 is 57.6. The van der Waals surface area contributed by atoms with Crippen molar-refractivity contribution in [1.82, 2.24) is 0 Å². The van der Waals surface area contributed by atoms with Crippen LogP contribution in [0.2, 0.25) is 0 Å².